The molecule has 0 radical (unpaired) electrons. The highest BCUT2D eigenvalue weighted by atomic mass is 16.5. The second-order valence-corrected chi connectivity index (χ2v) is 8.92. The molecule has 9 nitrogen and oxygen atoms in total. The SMILES string of the molecule is CCN(CC(=O)Nc1ccc(N2CCOCC2)cc1)CC(=O)Nc1cc(C)nn1-c1ccccc1C. The van der Waals surface area contributed by atoms with E-state index in [2.05, 4.69) is 20.6 Å². The quantitative estimate of drug-likeness (QED) is 0.479. The number of hydrogen-bond donors (Lipinski definition) is 2. The van der Waals surface area contributed by atoms with Crippen LogP contribution in [-0.4, -0.2) is 72.4 Å². The number of carbonyl (C=O) groups is 2. The molecule has 2 N–H and O–H groups in total. The lowest BCUT2D eigenvalue weighted by atomic mass is 10.2. The second-order valence-electron chi connectivity index (χ2n) is 8.92. The van der Waals surface area contributed by atoms with Gasteiger partial charge in [0.1, 0.15) is 5.82 Å². The molecular formula is C27H34N6O3. The summed E-state index contributed by atoms with van der Waals surface area (Å²) in [5.74, 6) is 0.242. The molecule has 2 heterocycles. The molecule has 1 aromatic heterocycles. The number of amides is 2. The number of nitrogens with zero attached hydrogens (tertiary/aromatic N) is 4. The first-order valence-corrected chi connectivity index (χ1v) is 12.3. The summed E-state index contributed by atoms with van der Waals surface area (Å²) in [5, 5.41) is 10.4. The first kappa shape index (κ1) is 25.4. The third-order valence-corrected chi connectivity index (χ3v) is 6.15. The van der Waals surface area contributed by atoms with Gasteiger partial charge in [-0.2, -0.15) is 5.10 Å². The number of hydrogen-bond acceptors (Lipinski definition) is 6. The van der Waals surface area contributed by atoms with Crippen LogP contribution in [-0.2, 0) is 14.3 Å². The molecule has 1 aliphatic rings. The van der Waals surface area contributed by atoms with E-state index in [0.717, 1.165) is 54.6 Å². The summed E-state index contributed by atoms with van der Waals surface area (Å²) in [6.45, 7) is 9.79. The minimum absolute atomic E-state index is 0.0951. The van der Waals surface area contributed by atoms with Crippen molar-refractivity contribution in [3.63, 3.8) is 0 Å². The lowest BCUT2D eigenvalue weighted by Gasteiger charge is -2.29. The van der Waals surface area contributed by atoms with Crippen LogP contribution in [0.5, 0.6) is 0 Å². The van der Waals surface area contributed by atoms with E-state index in [-0.39, 0.29) is 24.9 Å². The van der Waals surface area contributed by atoms with Crippen molar-refractivity contribution in [3.8, 4) is 5.69 Å². The van der Waals surface area contributed by atoms with Crippen molar-refractivity contribution in [1.82, 2.24) is 14.7 Å². The van der Waals surface area contributed by atoms with Gasteiger partial charge in [-0.25, -0.2) is 4.68 Å². The Kier molecular flexibility index (Phi) is 8.35. The third kappa shape index (κ3) is 6.50. The highest BCUT2D eigenvalue weighted by Crippen LogP contribution is 2.21. The number of anilines is 3. The smallest absolute Gasteiger partial charge is 0.239 e. The van der Waals surface area contributed by atoms with Crippen LogP contribution in [0.15, 0.2) is 54.6 Å². The Hall–Kier alpha value is -3.69. The van der Waals surface area contributed by atoms with Crippen LogP contribution in [0.25, 0.3) is 5.69 Å². The van der Waals surface area contributed by atoms with Gasteiger partial charge < -0.3 is 20.3 Å². The molecule has 1 fully saturated rings. The summed E-state index contributed by atoms with van der Waals surface area (Å²) < 4.78 is 7.14. The number of morpholine rings is 1. The van der Waals surface area contributed by atoms with E-state index in [0.29, 0.717) is 12.4 Å². The average Bonchev–Trinajstić information content (AvgIpc) is 3.24. The van der Waals surface area contributed by atoms with Gasteiger partial charge in [0, 0.05) is 30.5 Å². The Balaban J connectivity index is 1.32. The number of carbonyl (C=O) groups excluding carboxylic acids is 2. The summed E-state index contributed by atoms with van der Waals surface area (Å²) in [7, 11) is 0. The van der Waals surface area contributed by atoms with Crippen LogP contribution in [0, 0.1) is 13.8 Å². The number of likely N-dealkylation sites (N-methyl/N-ethyl adjacent to an activating group) is 1. The molecule has 0 unspecified atom stereocenters. The Bertz CT molecular complexity index is 1180. The van der Waals surface area contributed by atoms with Gasteiger partial charge >= 0.3 is 0 Å². The van der Waals surface area contributed by atoms with E-state index in [9.17, 15) is 9.59 Å². The van der Waals surface area contributed by atoms with Gasteiger partial charge in [-0.05, 0) is 56.3 Å². The molecule has 2 amide bonds. The fraction of sp³-hybridized carbons (Fsp3) is 0.370. The zero-order valence-electron chi connectivity index (χ0n) is 21.2. The van der Waals surface area contributed by atoms with Crippen molar-refractivity contribution in [3.05, 3.63) is 65.9 Å². The summed E-state index contributed by atoms with van der Waals surface area (Å²) in [5.41, 5.74) is 4.62. The van der Waals surface area contributed by atoms with E-state index in [1.807, 2.05) is 75.4 Å². The monoisotopic (exact) mass is 490 g/mol. The van der Waals surface area contributed by atoms with Crippen LogP contribution in [0.4, 0.5) is 17.2 Å². The topological polar surface area (TPSA) is 91.7 Å². The van der Waals surface area contributed by atoms with E-state index in [4.69, 9.17) is 4.74 Å². The maximum Gasteiger partial charge on any atom is 0.239 e. The number of para-hydroxylation sites is 1. The van der Waals surface area contributed by atoms with Crippen molar-refractivity contribution in [2.75, 3.05) is 61.5 Å². The molecule has 1 saturated heterocycles. The first-order chi connectivity index (χ1) is 17.4. The van der Waals surface area contributed by atoms with Crippen LogP contribution in [0.2, 0.25) is 0 Å². The van der Waals surface area contributed by atoms with Gasteiger partial charge in [-0.3, -0.25) is 14.5 Å². The molecule has 0 atom stereocenters. The number of aryl methyl sites for hydroxylation is 2. The van der Waals surface area contributed by atoms with E-state index >= 15 is 0 Å². The minimum atomic E-state index is -0.200. The third-order valence-electron chi connectivity index (χ3n) is 6.15. The molecule has 9 heteroatoms. The largest absolute Gasteiger partial charge is 0.378 e. The fourth-order valence-corrected chi connectivity index (χ4v) is 4.22. The van der Waals surface area contributed by atoms with Crippen molar-refractivity contribution in [2.24, 2.45) is 0 Å². The number of ether oxygens (including phenoxy) is 1. The lowest BCUT2D eigenvalue weighted by molar-refractivity contribution is -0.119. The Morgan fingerprint density at radius 2 is 1.64 bits per heavy atom. The number of aromatic nitrogens is 2. The molecule has 36 heavy (non-hydrogen) atoms. The van der Waals surface area contributed by atoms with Gasteiger partial charge in [0.05, 0.1) is 37.7 Å². The van der Waals surface area contributed by atoms with Crippen molar-refractivity contribution >= 4 is 29.0 Å². The average molecular weight is 491 g/mol. The van der Waals surface area contributed by atoms with E-state index in [1.165, 1.54) is 0 Å². The van der Waals surface area contributed by atoms with Crippen LogP contribution in [0.3, 0.4) is 0 Å². The normalized spacial score (nSPS) is 13.6. The predicted octanol–water partition coefficient (Wildman–Crippen LogP) is 3.22. The van der Waals surface area contributed by atoms with Crippen LogP contribution in [0.1, 0.15) is 18.2 Å². The van der Waals surface area contributed by atoms with Crippen molar-refractivity contribution in [1.29, 1.82) is 0 Å². The Morgan fingerprint density at radius 1 is 0.972 bits per heavy atom. The first-order valence-electron chi connectivity index (χ1n) is 12.3. The van der Waals surface area contributed by atoms with E-state index < -0.39 is 0 Å². The molecule has 2 aromatic carbocycles. The highest BCUT2D eigenvalue weighted by molar-refractivity contribution is 5.94. The zero-order chi connectivity index (χ0) is 25.5. The maximum absolute atomic E-state index is 12.8. The molecule has 0 aliphatic carbocycles. The molecular weight excluding hydrogens is 456 g/mol. The van der Waals surface area contributed by atoms with E-state index in [1.54, 1.807) is 9.58 Å². The fourth-order valence-electron chi connectivity index (χ4n) is 4.22. The molecule has 4 rings (SSSR count). The van der Waals surface area contributed by atoms with Gasteiger partial charge in [-0.15, -0.1) is 0 Å². The van der Waals surface area contributed by atoms with Gasteiger partial charge in [0.25, 0.3) is 0 Å². The Labute approximate surface area is 212 Å². The predicted molar refractivity (Wildman–Crippen MR) is 142 cm³/mol. The lowest BCUT2D eigenvalue weighted by Crippen LogP contribution is -2.39. The molecule has 0 spiro atoms. The molecule has 3 aromatic rings. The Morgan fingerprint density at radius 3 is 2.31 bits per heavy atom. The van der Waals surface area contributed by atoms with Crippen molar-refractivity contribution < 1.29 is 14.3 Å². The van der Waals surface area contributed by atoms with Crippen LogP contribution >= 0.6 is 0 Å². The van der Waals surface area contributed by atoms with Gasteiger partial charge in [0.2, 0.25) is 11.8 Å². The summed E-state index contributed by atoms with van der Waals surface area (Å²) in [6.07, 6.45) is 0. The minimum Gasteiger partial charge on any atom is -0.378 e. The van der Waals surface area contributed by atoms with Crippen molar-refractivity contribution in [2.45, 2.75) is 20.8 Å². The summed E-state index contributed by atoms with van der Waals surface area (Å²) in [6, 6.07) is 17.5. The zero-order valence-corrected chi connectivity index (χ0v) is 21.2. The highest BCUT2D eigenvalue weighted by Gasteiger charge is 2.17. The molecule has 0 bridgehead atoms. The van der Waals surface area contributed by atoms with Gasteiger partial charge in [-0.1, -0.05) is 25.1 Å². The standard InChI is InChI=1S/C27H34N6O3/c1-4-31(18-26(34)28-22-9-11-23(12-10-22)32-13-15-36-16-14-32)19-27(35)29-25-17-21(3)30-33(25)24-8-6-5-7-20(24)2/h5-12,17H,4,13-16,18-19H2,1-3H3,(H,28,34)(H,29,35). The summed E-state index contributed by atoms with van der Waals surface area (Å²) >= 11 is 0. The summed E-state index contributed by atoms with van der Waals surface area (Å²) in [4.78, 5) is 29.6. The number of benzene rings is 2. The second kappa shape index (κ2) is 11.8. The maximum atomic E-state index is 12.8. The molecule has 1 aliphatic heterocycles. The van der Waals surface area contributed by atoms with Gasteiger partial charge in [0.15, 0.2) is 0 Å². The van der Waals surface area contributed by atoms with Crippen LogP contribution < -0.4 is 15.5 Å². The number of nitrogens with one attached hydrogen (secondary N) is 2. The molecule has 0 saturated carbocycles. The molecule has 190 valence electrons. The number of rotatable bonds is 9.